The van der Waals surface area contributed by atoms with Crippen molar-refractivity contribution in [2.45, 2.75) is 0 Å². The molecule has 0 saturated carbocycles. The molecule has 8 aromatic carbocycles. The summed E-state index contributed by atoms with van der Waals surface area (Å²) >= 11 is 0. The average molecular weight is 588 g/mol. The molecule has 0 bridgehead atoms. The average Bonchev–Trinajstić information content (AvgIpc) is 3.53. The van der Waals surface area contributed by atoms with Crippen LogP contribution in [0.25, 0.3) is 65.7 Å². The number of benzene rings is 8. The molecular weight excluding hydrogens is 558 g/mol. The molecule has 0 amide bonds. The monoisotopic (exact) mass is 587 g/mol. The van der Waals surface area contributed by atoms with Gasteiger partial charge >= 0.3 is 0 Å². The van der Waals surface area contributed by atoms with E-state index in [1.807, 2.05) is 6.07 Å². The molecule has 0 fully saturated rings. The lowest BCUT2D eigenvalue weighted by atomic mass is 9.96. The van der Waals surface area contributed by atoms with Crippen molar-refractivity contribution in [3.05, 3.63) is 176 Å². The van der Waals surface area contributed by atoms with E-state index in [1.54, 1.807) is 0 Å². The number of fused-ring (bicyclic) bond motifs is 6. The van der Waals surface area contributed by atoms with E-state index in [9.17, 15) is 0 Å². The predicted molar refractivity (Wildman–Crippen MR) is 194 cm³/mol. The quantitative estimate of drug-likeness (QED) is 0.186. The van der Waals surface area contributed by atoms with Crippen molar-refractivity contribution in [2.75, 3.05) is 4.90 Å². The van der Waals surface area contributed by atoms with Gasteiger partial charge in [-0.05, 0) is 57.6 Å². The zero-order chi connectivity index (χ0) is 30.5. The summed E-state index contributed by atoms with van der Waals surface area (Å²) in [7, 11) is 0. The van der Waals surface area contributed by atoms with Gasteiger partial charge in [0, 0.05) is 21.9 Å². The first kappa shape index (κ1) is 26.3. The minimum absolute atomic E-state index is 0.877. The van der Waals surface area contributed by atoms with Crippen LogP contribution in [0.1, 0.15) is 0 Å². The van der Waals surface area contributed by atoms with Crippen molar-refractivity contribution in [1.29, 1.82) is 0 Å². The minimum atomic E-state index is 0.877. The van der Waals surface area contributed by atoms with Crippen molar-refractivity contribution in [3.63, 3.8) is 0 Å². The molecular formula is C44H29NO. The van der Waals surface area contributed by atoms with E-state index in [2.05, 4.69) is 175 Å². The van der Waals surface area contributed by atoms with Crippen LogP contribution in [0.15, 0.2) is 180 Å². The van der Waals surface area contributed by atoms with Gasteiger partial charge in [0.15, 0.2) is 0 Å². The van der Waals surface area contributed by atoms with Crippen molar-refractivity contribution in [3.8, 4) is 22.3 Å². The number of para-hydroxylation sites is 2. The lowest BCUT2D eigenvalue weighted by Gasteiger charge is -2.30. The van der Waals surface area contributed by atoms with E-state index >= 15 is 0 Å². The Labute approximate surface area is 267 Å². The summed E-state index contributed by atoms with van der Waals surface area (Å²) in [6.45, 7) is 0. The largest absolute Gasteiger partial charge is 0.455 e. The molecule has 0 unspecified atom stereocenters. The molecule has 2 heteroatoms. The minimum Gasteiger partial charge on any atom is -0.455 e. The molecule has 216 valence electrons. The number of hydrogen-bond acceptors (Lipinski definition) is 2. The second-order valence-corrected chi connectivity index (χ2v) is 11.7. The number of hydrogen-bond donors (Lipinski definition) is 0. The van der Waals surface area contributed by atoms with Crippen molar-refractivity contribution < 1.29 is 4.42 Å². The summed E-state index contributed by atoms with van der Waals surface area (Å²) in [4.78, 5) is 2.44. The van der Waals surface area contributed by atoms with E-state index in [0.717, 1.165) is 55.7 Å². The normalized spacial score (nSPS) is 11.5. The predicted octanol–water partition coefficient (Wildman–Crippen LogP) is 12.7. The number of furan rings is 1. The Kier molecular flexibility index (Phi) is 6.17. The topological polar surface area (TPSA) is 16.4 Å². The van der Waals surface area contributed by atoms with Crippen LogP contribution >= 0.6 is 0 Å². The van der Waals surface area contributed by atoms with Crippen LogP contribution in [0.5, 0.6) is 0 Å². The Morgan fingerprint density at radius 2 is 0.978 bits per heavy atom. The summed E-state index contributed by atoms with van der Waals surface area (Å²) in [5.74, 6) is 0. The lowest BCUT2D eigenvalue weighted by Crippen LogP contribution is -2.12. The van der Waals surface area contributed by atoms with Crippen LogP contribution in [-0.4, -0.2) is 0 Å². The van der Waals surface area contributed by atoms with Crippen LogP contribution in [0.3, 0.4) is 0 Å². The summed E-state index contributed by atoms with van der Waals surface area (Å²) in [6, 6.07) is 62.6. The van der Waals surface area contributed by atoms with Crippen LogP contribution < -0.4 is 4.90 Å². The van der Waals surface area contributed by atoms with Crippen LogP contribution in [-0.2, 0) is 0 Å². The molecule has 0 radical (unpaired) electrons. The molecule has 0 aliphatic rings. The molecule has 1 aromatic heterocycles. The van der Waals surface area contributed by atoms with E-state index in [-0.39, 0.29) is 0 Å². The Morgan fingerprint density at radius 3 is 1.80 bits per heavy atom. The molecule has 9 aromatic rings. The molecule has 0 atom stereocenters. The summed E-state index contributed by atoms with van der Waals surface area (Å²) in [6.07, 6.45) is 0. The maximum Gasteiger partial charge on any atom is 0.145 e. The number of anilines is 3. The van der Waals surface area contributed by atoms with E-state index in [4.69, 9.17) is 4.42 Å². The Hall–Kier alpha value is -6.12. The first-order chi connectivity index (χ1) is 22.8. The van der Waals surface area contributed by atoms with Crippen LogP contribution in [0, 0.1) is 0 Å². The standard InChI is InChI=1S/C44H29NO/c1-3-14-30(15-4-1)34-20-9-11-23-39(34)45(40-24-13-22-36-33-19-8-7-18-32(33)26-27-37(36)40)41-29-28-35(31-16-5-2-6-17-31)44-43(41)38-21-10-12-25-42(38)46-44/h1-29H. The summed E-state index contributed by atoms with van der Waals surface area (Å²) in [5.41, 5.74) is 9.60. The van der Waals surface area contributed by atoms with Gasteiger partial charge < -0.3 is 9.32 Å². The maximum absolute atomic E-state index is 6.73. The number of rotatable bonds is 5. The highest BCUT2D eigenvalue weighted by atomic mass is 16.3. The molecule has 2 nitrogen and oxygen atoms in total. The fourth-order valence-corrected chi connectivity index (χ4v) is 6.98. The maximum atomic E-state index is 6.73. The smallest absolute Gasteiger partial charge is 0.145 e. The van der Waals surface area contributed by atoms with Gasteiger partial charge in [0.25, 0.3) is 0 Å². The molecule has 0 aliphatic heterocycles. The van der Waals surface area contributed by atoms with Gasteiger partial charge in [-0.2, -0.15) is 0 Å². The van der Waals surface area contributed by atoms with Gasteiger partial charge in [0.1, 0.15) is 11.2 Å². The molecule has 0 spiro atoms. The Balaban J connectivity index is 1.42. The van der Waals surface area contributed by atoms with E-state index in [0.29, 0.717) is 0 Å². The molecule has 9 rings (SSSR count). The summed E-state index contributed by atoms with van der Waals surface area (Å²) in [5, 5.41) is 7.09. The Bertz CT molecular complexity index is 2530. The van der Waals surface area contributed by atoms with Gasteiger partial charge in [-0.15, -0.1) is 0 Å². The molecule has 0 aliphatic carbocycles. The van der Waals surface area contributed by atoms with Gasteiger partial charge in [0.2, 0.25) is 0 Å². The zero-order valence-electron chi connectivity index (χ0n) is 25.1. The third-order valence-corrected chi connectivity index (χ3v) is 9.06. The van der Waals surface area contributed by atoms with Gasteiger partial charge in [-0.3, -0.25) is 0 Å². The van der Waals surface area contributed by atoms with E-state index < -0.39 is 0 Å². The van der Waals surface area contributed by atoms with Gasteiger partial charge in [-0.25, -0.2) is 0 Å². The first-order valence-corrected chi connectivity index (χ1v) is 15.7. The third kappa shape index (κ3) is 4.19. The molecule has 0 N–H and O–H groups in total. The third-order valence-electron chi connectivity index (χ3n) is 9.06. The molecule has 0 saturated heterocycles. The first-order valence-electron chi connectivity index (χ1n) is 15.7. The fraction of sp³-hybridized carbons (Fsp3) is 0. The Morgan fingerprint density at radius 1 is 0.348 bits per heavy atom. The molecule has 46 heavy (non-hydrogen) atoms. The number of nitrogens with zero attached hydrogens (tertiary/aromatic N) is 1. The highest BCUT2D eigenvalue weighted by molar-refractivity contribution is 6.19. The SMILES string of the molecule is c1ccc(-c2ccccc2N(c2cccc3c2ccc2ccccc23)c2ccc(-c3ccccc3)c3oc4ccccc4c23)cc1. The summed E-state index contributed by atoms with van der Waals surface area (Å²) < 4.78 is 6.73. The van der Waals surface area contributed by atoms with Crippen molar-refractivity contribution in [2.24, 2.45) is 0 Å². The fourth-order valence-electron chi connectivity index (χ4n) is 6.98. The second kappa shape index (κ2) is 10.8. The van der Waals surface area contributed by atoms with Gasteiger partial charge in [0.05, 0.1) is 22.4 Å². The lowest BCUT2D eigenvalue weighted by molar-refractivity contribution is 0.670. The van der Waals surface area contributed by atoms with E-state index in [1.165, 1.54) is 27.1 Å². The van der Waals surface area contributed by atoms with Gasteiger partial charge in [-0.1, -0.05) is 146 Å². The molecule has 1 heterocycles. The van der Waals surface area contributed by atoms with Crippen molar-refractivity contribution >= 4 is 60.5 Å². The van der Waals surface area contributed by atoms with Crippen LogP contribution in [0.4, 0.5) is 17.1 Å². The van der Waals surface area contributed by atoms with Crippen molar-refractivity contribution in [1.82, 2.24) is 0 Å². The highest BCUT2D eigenvalue weighted by Crippen LogP contribution is 2.49. The highest BCUT2D eigenvalue weighted by Gasteiger charge is 2.25. The second-order valence-electron chi connectivity index (χ2n) is 11.7. The van der Waals surface area contributed by atoms with Crippen LogP contribution in [0.2, 0.25) is 0 Å². The zero-order valence-corrected chi connectivity index (χ0v) is 25.1.